The number of anilines is 1. The highest BCUT2D eigenvalue weighted by Crippen LogP contribution is 2.39. The molecule has 35 heavy (non-hydrogen) atoms. The van der Waals surface area contributed by atoms with Crippen molar-refractivity contribution >= 4 is 23.6 Å². The fourth-order valence-corrected chi connectivity index (χ4v) is 4.71. The van der Waals surface area contributed by atoms with Crippen molar-refractivity contribution in [1.29, 1.82) is 0 Å². The second-order valence-corrected chi connectivity index (χ2v) is 9.36. The van der Waals surface area contributed by atoms with E-state index in [0.717, 1.165) is 23.3 Å². The van der Waals surface area contributed by atoms with E-state index in [1.54, 1.807) is 16.4 Å². The minimum absolute atomic E-state index is 0.427. The van der Waals surface area contributed by atoms with Crippen molar-refractivity contribution in [2.45, 2.75) is 51.9 Å². The number of ether oxygens (including phenoxy) is 2. The number of hydrogen-bond acceptors (Lipinski definition) is 7. The van der Waals surface area contributed by atoms with Gasteiger partial charge in [-0.05, 0) is 56.0 Å². The number of primary amides is 1. The summed E-state index contributed by atoms with van der Waals surface area (Å²) in [6.45, 7) is 8.82. The zero-order valence-corrected chi connectivity index (χ0v) is 21.3. The van der Waals surface area contributed by atoms with Crippen LogP contribution in [0.1, 0.15) is 49.9 Å². The van der Waals surface area contributed by atoms with E-state index in [4.69, 9.17) is 15.2 Å². The molecule has 1 aliphatic rings. The molecule has 1 unspecified atom stereocenters. The van der Waals surface area contributed by atoms with Gasteiger partial charge < -0.3 is 20.5 Å². The van der Waals surface area contributed by atoms with Crippen molar-refractivity contribution in [2.75, 3.05) is 17.7 Å². The number of nitrogens with two attached hydrogens (primary N) is 1. The first-order valence-electron chi connectivity index (χ1n) is 11.7. The number of hydrogen-bond donors (Lipinski definition) is 2. The van der Waals surface area contributed by atoms with E-state index < -0.39 is 11.9 Å². The lowest BCUT2D eigenvalue weighted by molar-refractivity contribution is -0.115. The van der Waals surface area contributed by atoms with Gasteiger partial charge in [-0.2, -0.15) is 4.98 Å². The highest BCUT2D eigenvalue weighted by atomic mass is 32.2. The third-order valence-corrected chi connectivity index (χ3v) is 6.81. The number of nitrogens with one attached hydrogen (secondary N) is 1. The first-order chi connectivity index (χ1) is 16.9. The minimum atomic E-state index is -0.531. The molecule has 0 spiro atoms. The van der Waals surface area contributed by atoms with Crippen LogP contribution in [-0.4, -0.2) is 33.0 Å². The lowest BCUT2D eigenvalue weighted by Gasteiger charge is -2.28. The number of aromatic nitrogens is 3. The Bertz CT molecular complexity index is 1250. The van der Waals surface area contributed by atoms with Crippen LogP contribution in [0.15, 0.2) is 58.9 Å². The van der Waals surface area contributed by atoms with Crippen LogP contribution in [0, 0.1) is 6.92 Å². The van der Waals surface area contributed by atoms with Crippen LogP contribution in [0.4, 0.5) is 5.95 Å². The molecule has 1 amide bonds. The van der Waals surface area contributed by atoms with Gasteiger partial charge in [-0.25, -0.2) is 4.68 Å². The Kier molecular flexibility index (Phi) is 7.65. The molecule has 1 aliphatic heterocycles. The van der Waals surface area contributed by atoms with Gasteiger partial charge >= 0.3 is 0 Å². The number of nitrogens with zero attached hydrogens (tertiary/aromatic N) is 3. The smallest absolute Gasteiger partial charge is 0.248 e. The summed E-state index contributed by atoms with van der Waals surface area (Å²) in [5, 5.41) is 8.52. The Morgan fingerprint density at radius 3 is 2.66 bits per heavy atom. The van der Waals surface area contributed by atoms with Crippen molar-refractivity contribution in [3.63, 3.8) is 0 Å². The Balaban J connectivity index is 1.71. The summed E-state index contributed by atoms with van der Waals surface area (Å²) in [4.78, 5) is 17.1. The lowest BCUT2D eigenvalue weighted by Crippen LogP contribution is -2.31. The van der Waals surface area contributed by atoms with Crippen LogP contribution in [-0.2, 0) is 11.4 Å². The zero-order valence-electron chi connectivity index (χ0n) is 20.5. The van der Waals surface area contributed by atoms with E-state index in [-0.39, 0.29) is 0 Å². The molecule has 4 rings (SSSR count). The second kappa shape index (κ2) is 10.9. The molecule has 8 nitrogen and oxygen atoms in total. The molecule has 0 fully saturated rings. The first-order valence-corrected chi connectivity index (χ1v) is 12.7. The molecule has 1 atom stereocenters. The van der Waals surface area contributed by atoms with Gasteiger partial charge in [0.05, 0.1) is 12.2 Å². The summed E-state index contributed by atoms with van der Waals surface area (Å²) in [6, 6.07) is 13.3. The Labute approximate surface area is 209 Å². The average molecular weight is 494 g/mol. The Morgan fingerprint density at radius 2 is 1.94 bits per heavy atom. The van der Waals surface area contributed by atoms with Crippen molar-refractivity contribution in [1.82, 2.24) is 14.8 Å². The SMILES string of the molecule is CCCSc1nc2n(n1)C(c1ccc(OCc3ccccc3C)c(OCC)c1)C(C(N)=O)=C(C)N2. The minimum Gasteiger partial charge on any atom is -0.490 e. The topological polar surface area (TPSA) is 104 Å². The fourth-order valence-electron chi connectivity index (χ4n) is 4.02. The number of carbonyl (C=O) groups is 1. The third-order valence-electron chi connectivity index (χ3n) is 5.76. The molecule has 9 heteroatoms. The maximum Gasteiger partial charge on any atom is 0.248 e. The average Bonchev–Trinajstić information content (AvgIpc) is 3.24. The van der Waals surface area contributed by atoms with E-state index in [9.17, 15) is 4.79 Å². The summed E-state index contributed by atoms with van der Waals surface area (Å²) >= 11 is 1.58. The number of aryl methyl sites for hydroxylation is 1. The summed E-state index contributed by atoms with van der Waals surface area (Å²) in [6.07, 6.45) is 1.01. The maximum absolute atomic E-state index is 12.5. The summed E-state index contributed by atoms with van der Waals surface area (Å²) < 4.78 is 13.8. The fraction of sp³-hybridized carbons (Fsp3) is 0.346. The number of amides is 1. The normalized spacial score (nSPS) is 14.9. The number of thioether (sulfide) groups is 1. The molecular formula is C26H31N5O3S. The number of carbonyl (C=O) groups excluding carboxylic acids is 1. The number of fused-ring (bicyclic) bond motifs is 1. The quantitative estimate of drug-likeness (QED) is 0.389. The van der Waals surface area contributed by atoms with Crippen LogP contribution in [0.5, 0.6) is 11.5 Å². The van der Waals surface area contributed by atoms with E-state index in [1.807, 2.05) is 50.2 Å². The maximum atomic E-state index is 12.5. The van der Waals surface area contributed by atoms with Gasteiger partial charge in [-0.3, -0.25) is 4.79 Å². The van der Waals surface area contributed by atoms with Crippen molar-refractivity contribution < 1.29 is 14.3 Å². The van der Waals surface area contributed by atoms with Crippen LogP contribution < -0.4 is 20.5 Å². The zero-order chi connectivity index (χ0) is 24.9. The predicted octanol–water partition coefficient (Wildman–Crippen LogP) is 4.84. The first kappa shape index (κ1) is 24.7. The van der Waals surface area contributed by atoms with Gasteiger partial charge in [-0.1, -0.05) is 49.0 Å². The molecule has 184 valence electrons. The van der Waals surface area contributed by atoms with Gasteiger partial charge in [0.15, 0.2) is 11.5 Å². The van der Waals surface area contributed by atoms with Gasteiger partial charge in [0.2, 0.25) is 17.0 Å². The largest absolute Gasteiger partial charge is 0.490 e. The number of benzene rings is 2. The van der Waals surface area contributed by atoms with E-state index in [0.29, 0.717) is 47.1 Å². The van der Waals surface area contributed by atoms with Crippen LogP contribution in [0.3, 0.4) is 0 Å². The third kappa shape index (κ3) is 5.30. The highest BCUT2D eigenvalue weighted by Gasteiger charge is 2.34. The number of allylic oxidation sites excluding steroid dienone is 1. The predicted molar refractivity (Wildman–Crippen MR) is 138 cm³/mol. The van der Waals surface area contributed by atoms with E-state index in [1.165, 1.54) is 5.56 Å². The summed E-state index contributed by atoms with van der Waals surface area (Å²) in [5.74, 6) is 2.20. The molecule has 0 aliphatic carbocycles. The Morgan fingerprint density at radius 1 is 1.14 bits per heavy atom. The van der Waals surface area contributed by atoms with E-state index >= 15 is 0 Å². The van der Waals surface area contributed by atoms with Crippen LogP contribution in [0.2, 0.25) is 0 Å². The van der Waals surface area contributed by atoms with Crippen molar-refractivity contribution in [3.8, 4) is 11.5 Å². The highest BCUT2D eigenvalue weighted by molar-refractivity contribution is 7.99. The molecule has 2 heterocycles. The second-order valence-electron chi connectivity index (χ2n) is 8.30. The molecule has 0 saturated heterocycles. The molecule has 0 radical (unpaired) electrons. The molecular weight excluding hydrogens is 462 g/mol. The van der Waals surface area contributed by atoms with Gasteiger partial charge in [-0.15, -0.1) is 5.10 Å². The lowest BCUT2D eigenvalue weighted by atomic mass is 9.95. The molecule has 1 aromatic heterocycles. The van der Waals surface area contributed by atoms with Crippen LogP contribution >= 0.6 is 11.8 Å². The Hall–Kier alpha value is -3.46. The van der Waals surface area contributed by atoms with Gasteiger partial charge in [0.1, 0.15) is 12.6 Å². The molecule has 3 N–H and O–H groups in total. The molecule has 2 aromatic carbocycles. The van der Waals surface area contributed by atoms with Gasteiger partial charge in [0.25, 0.3) is 0 Å². The monoisotopic (exact) mass is 493 g/mol. The summed E-state index contributed by atoms with van der Waals surface area (Å²) in [5.41, 5.74) is 10.0. The molecule has 3 aromatic rings. The van der Waals surface area contributed by atoms with Crippen molar-refractivity contribution in [3.05, 3.63) is 70.4 Å². The van der Waals surface area contributed by atoms with E-state index in [2.05, 4.69) is 35.3 Å². The summed E-state index contributed by atoms with van der Waals surface area (Å²) in [7, 11) is 0. The van der Waals surface area contributed by atoms with Gasteiger partial charge in [0, 0.05) is 11.4 Å². The standard InChI is InChI=1S/C26H31N5O3S/c1-5-13-35-26-29-25-28-17(4)22(24(27)32)23(31(25)30-26)18-11-12-20(21(14-18)33-6-2)34-15-19-10-8-7-9-16(19)3/h7-12,14,23H,5-6,13,15H2,1-4H3,(H2,27,32)(H,28,29,30). The van der Waals surface area contributed by atoms with Crippen molar-refractivity contribution in [2.24, 2.45) is 5.73 Å². The molecule has 0 bridgehead atoms. The van der Waals surface area contributed by atoms with Crippen LogP contribution in [0.25, 0.3) is 0 Å². The molecule has 0 saturated carbocycles. The number of rotatable bonds is 10.